The second kappa shape index (κ2) is 10.3. The Bertz CT molecular complexity index is 1020. The smallest absolute Gasteiger partial charge is 0.267 e. The fourth-order valence-electron chi connectivity index (χ4n) is 3.32. The number of hydrogen-bond donors (Lipinski definition) is 2. The zero-order valence-electron chi connectivity index (χ0n) is 17.2. The molecule has 2 aromatic rings. The van der Waals surface area contributed by atoms with Gasteiger partial charge in [-0.15, -0.1) is 0 Å². The first kappa shape index (κ1) is 21.9. The fourth-order valence-corrected chi connectivity index (χ4v) is 3.32. The van der Waals surface area contributed by atoms with Crippen LogP contribution in [-0.2, 0) is 9.59 Å². The molecule has 8 heteroatoms. The van der Waals surface area contributed by atoms with Crippen LogP contribution in [0.25, 0.3) is 12.2 Å². The Morgan fingerprint density at radius 3 is 2.23 bits per heavy atom. The Morgan fingerprint density at radius 2 is 1.58 bits per heavy atom. The van der Waals surface area contributed by atoms with Gasteiger partial charge in [0, 0.05) is 50.4 Å². The van der Waals surface area contributed by atoms with Crippen LogP contribution in [0.5, 0.6) is 0 Å². The normalized spacial score (nSPS) is 14.3. The fraction of sp³-hybridized carbons (Fsp3) is 0.217. The molecule has 0 bridgehead atoms. The lowest BCUT2D eigenvalue weighted by Gasteiger charge is -2.36. The number of carbonyl (C=O) groups excluding carboxylic acids is 3. The predicted octanol–water partition coefficient (Wildman–Crippen LogP) is 2.16. The summed E-state index contributed by atoms with van der Waals surface area (Å²) >= 11 is 0. The van der Waals surface area contributed by atoms with Crippen molar-refractivity contribution in [3.05, 3.63) is 71.6 Å². The van der Waals surface area contributed by atoms with E-state index in [1.165, 1.54) is 17.6 Å². The van der Waals surface area contributed by atoms with Gasteiger partial charge in [-0.1, -0.05) is 18.2 Å². The Morgan fingerprint density at radius 1 is 0.935 bits per heavy atom. The number of pyridine rings is 1. The summed E-state index contributed by atoms with van der Waals surface area (Å²) in [6, 6.07) is 12.6. The summed E-state index contributed by atoms with van der Waals surface area (Å²) in [5, 5.41) is 8.53. The van der Waals surface area contributed by atoms with Crippen molar-refractivity contribution in [3.8, 4) is 0 Å². The molecule has 2 heterocycles. The molecule has 1 aliphatic rings. The van der Waals surface area contributed by atoms with Crippen molar-refractivity contribution < 1.29 is 19.6 Å². The second-order valence-electron chi connectivity index (χ2n) is 7.00. The lowest BCUT2D eigenvalue weighted by Crippen LogP contribution is -2.48. The standard InChI is InChI=1S/C23H24N4O4/c1-17(28)26-13-15-27(16-14-26)21-8-3-2-7-20(21)22(29)11-9-18-5-4-6-19(24-18)10-12-23(30)25-31/h2-12,31H,13-16H2,1H3,(H,25,30). The van der Waals surface area contributed by atoms with Crippen molar-refractivity contribution in [2.45, 2.75) is 6.92 Å². The van der Waals surface area contributed by atoms with Gasteiger partial charge in [0.05, 0.1) is 11.4 Å². The van der Waals surface area contributed by atoms with Gasteiger partial charge in [-0.05, 0) is 42.5 Å². The van der Waals surface area contributed by atoms with E-state index < -0.39 is 5.91 Å². The molecule has 31 heavy (non-hydrogen) atoms. The lowest BCUT2D eigenvalue weighted by atomic mass is 10.1. The minimum atomic E-state index is -0.654. The van der Waals surface area contributed by atoms with Crippen molar-refractivity contribution >= 4 is 35.4 Å². The molecule has 1 saturated heterocycles. The minimum Gasteiger partial charge on any atom is -0.367 e. The molecular formula is C23H24N4O4. The summed E-state index contributed by atoms with van der Waals surface area (Å²) in [5.74, 6) is -0.737. The highest BCUT2D eigenvalue weighted by molar-refractivity contribution is 6.10. The monoisotopic (exact) mass is 420 g/mol. The van der Waals surface area contributed by atoms with Crippen molar-refractivity contribution in [3.63, 3.8) is 0 Å². The molecule has 1 aromatic carbocycles. The van der Waals surface area contributed by atoms with Crippen LogP contribution in [0.2, 0.25) is 0 Å². The third-order valence-corrected chi connectivity index (χ3v) is 4.95. The number of nitrogens with one attached hydrogen (secondary N) is 1. The molecule has 1 aromatic heterocycles. The summed E-state index contributed by atoms with van der Waals surface area (Å²) in [5.41, 5.74) is 4.03. The Balaban J connectivity index is 1.73. The average molecular weight is 420 g/mol. The largest absolute Gasteiger partial charge is 0.367 e. The van der Waals surface area contributed by atoms with E-state index in [0.717, 1.165) is 11.8 Å². The third kappa shape index (κ3) is 5.86. The average Bonchev–Trinajstić information content (AvgIpc) is 2.81. The molecule has 0 saturated carbocycles. The quantitative estimate of drug-likeness (QED) is 0.321. The number of hydrogen-bond acceptors (Lipinski definition) is 6. The van der Waals surface area contributed by atoms with Crippen LogP contribution in [-0.4, -0.2) is 58.9 Å². The number of amides is 2. The zero-order chi connectivity index (χ0) is 22.2. The van der Waals surface area contributed by atoms with Crippen LogP contribution in [0.15, 0.2) is 54.6 Å². The molecule has 8 nitrogen and oxygen atoms in total. The number of ketones is 1. The van der Waals surface area contributed by atoms with E-state index in [9.17, 15) is 14.4 Å². The number of allylic oxidation sites excluding steroid dienone is 1. The topological polar surface area (TPSA) is 103 Å². The van der Waals surface area contributed by atoms with Crippen molar-refractivity contribution in [1.82, 2.24) is 15.4 Å². The number of piperazine rings is 1. The Labute approximate surface area is 180 Å². The number of rotatable bonds is 6. The molecule has 2 N–H and O–H groups in total. The van der Waals surface area contributed by atoms with Crippen molar-refractivity contribution in [1.29, 1.82) is 0 Å². The summed E-state index contributed by atoms with van der Waals surface area (Å²) < 4.78 is 0. The summed E-state index contributed by atoms with van der Waals surface area (Å²) in [4.78, 5) is 43.8. The molecule has 0 radical (unpaired) electrons. The number of nitrogens with zero attached hydrogens (tertiary/aromatic N) is 3. The van der Waals surface area contributed by atoms with Gasteiger partial charge in [-0.2, -0.15) is 0 Å². The number of hydroxylamine groups is 1. The van der Waals surface area contributed by atoms with E-state index in [4.69, 9.17) is 5.21 Å². The molecule has 0 atom stereocenters. The number of para-hydroxylation sites is 1. The van der Waals surface area contributed by atoms with Gasteiger partial charge in [0.25, 0.3) is 5.91 Å². The van der Waals surface area contributed by atoms with Gasteiger partial charge in [0.15, 0.2) is 5.78 Å². The first-order valence-corrected chi connectivity index (χ1v) is 9.89. The molecule has 0 spiro atoms. The van der Waals surface area contributed by atoms with Gasteiger partial charge >= 0.3 is 0 Å². The molecule has 3 rings (SSSR count). The second-order valence-corrected chi connectivity index (χ2v) is 7.00. The van der Waals surface area contributed by atoms with Crippen LogP contribution in [0.1, 0.15) is 28.7 Å². The van der Waals surface area contributed by atoms with Crippen LogP contribution < -0.4 is 10.4 Å². The Hall–Kier alpha value is -3.78. The molecule has 160 valence electrons. The highest BCUT2D eigenvalue weighted by atomic mass is 16.5. The van der Waals surface area contributed by atoms with E-state index in [-0.39, 0.29) is 11.7 Å². The minimum absolute atomic E-state index is 0.0634. The number of benzene rings is 1. The molecule has 1 aliphatic heterocycles. The summed E-state index contributed by atoms with van der Waals surface area (Å²) in [6.07, 6.45) is 5.71. The van der Waals surface area contributed by atoms with E-state index in [0.29, 0.717) is 43.1 Å². The highest BCUT2D eigenvalue weighted by Crippen LogP contribution is 2.23. The van der Waals surface area contributed by atoms with E-state index in [2.05, 4.69) is 9.88 Å². The predicted molar refractivity (Wildman–Crippen MR) is 117 cm³/mol. The van der Waals surface area contributed by atoms with Gasteiger partial charge < -0.3 is 9.80 Å². The van der Waals surface area contributed by atoms with E-state index >= 15 is 0 Å². The molecule has 0 unspecified atom stereocenters. The molecule has 1 fully saturated rings. The third-order valence-electron chi connectivity index (χ3n) is 4.95. The SMILES string of the molecule is CC(=O)N1CCN(c2ccccc2C(=O)C=Cc2cccc(C=CC(=O)NO)n2)CC1. The summed E-state index contributed by atoms with van der Waals surface area (Å²) in [6.45, 7) is 4.17. The number of aromatic nitrogens is 1. The van der Waals surface area contributed by atoms with Crippen molar-refractivity contribution in [2.24, 2.45) is 0 Å². The van der Waals surface area contributed by atoms with Gasteiger partial charge in [-0.3, -0.25) is 19.6 Å². The zero-order valence-corrected chi connectivity index (χ0v) is 17.2. The first-order valence-electron chi connectivity index (χ1n) is 9.89. The summed E-state index contributed by atoms with van der Waals surface area (Å²) in [7, 11) is 0. The van der Waals surface area contributed by atoms with Crippen LogP contribution in [0.4, 0.5) is 5.69 Å². The van der Waals surface area contributed by atoms with Gasteiger partial charge in [-0.25, -0.2) is 10.5 Å². The van der Waals surface area contributed by atoms with Gasteiger partial charge in [0.2, 0.25) is 5.91 Å². The van der Waals surface area contributed by atoms with Crippen LogP contribution >= 0.6 is 0 Å². The number of anilines is 1. The molecular weight excluding hydrogens is 396 g/mol. The van der Waals surface area contributed by atoms with Crippen LogP contribution in [0.3, 0.4) is 0 Å². The molecule has 2 amide bonds. The maximum Gasteiger partial charge on any atom is 0.267 e. The molecule has 0 aliphatic carbocycles. The van der Waals surface area contributed by atoms with Gasteiger partial charge in [0.1, 0.15) is 0 Å². The van der Waals surface area contributed by atoms with E-state index in [1.54, 1.807) is 42.2 Å². The first-order chi connectivity index (χ1) is 15.0. The maximum atomic E-state index is 12.9. The van der Waals surface area contributed by atoms with Crippen LogP contribution in [0, 0.1) is 0 Å². The van der Waals surface area contributed by atoms with E-state index in [1.807, 2.05) is 18.2 Å². The van der Waals surface area contributed by atoms with Crippen molar-refractivity contribution in [2.75, 3.05) is 31.1 Å². The highest BCUT2D eigenvalue weighted by Gasteiger charge is 2.21. The Kier molecular flexibility index (Phi) is 7.29. The lowest BCUT2D eigenvalue weighted by molar-refractivity contribution is -0.129. The number of carbonyl (C=O) groups is 3. The maximum absolute atomic E-state index is 12.9.